The molecule has 1 atom stereocenters. The first-order chi connectivity index (χ1) is 9.05. The van der Waals surface area contributed by atoms with Crippen LogP contribution in [0.3, 0.4) is 0 Å². The number of halogens is 1. The average molecular weight is 330 g/mol. The van der Waals surface area contributed by atoms with Gasteiger partial charge in [-0.3, -0.25) is 4.68 Å². The van der Waals surface area contributed by atoms with Crippen molar-refractivity contribution in [2.75, 3.05) is 14.2 Å². The first-order valence-electron chi connectivity index (χ1n) is 7.01. The Bertz CT molecular complexity index is 424. The van der Waals surface area contributed by atoms with E-state index in [2.05, 4.69) is 44.9 Å². The van der Waals surface area contributed by atoms with E-state index in [-0.39, 0.29) is 11.6 Å². The van der Waals surface area contributed by atoms with Crippen LogP contribution in [0.5, 0.6) is 0 Å². The van der Waals surface area contributed by atoms with Crippen molar-refractivity contribution in [1.82, 2.24) is 15.1 Å². The molecule has 0 amide bonds. The molecule has 1 heterocycles. The van der Waals surface area contributed by atoms with Crippen molar-refractivity contribution in [1.29, 1.82) is 0 Å². The molecule has 1 N–H and O–H groups in total. The second-order valence-corrected chi connectivity index (χ2v) is 6.47. The fourth-order valence-electron chi connectivity index (χ4n) is 3.27. The van der Waals surface area contributed by atoms with Gasteiger partial charge in [-0.25, -0.2) is 0 Å². The van der Waals surface area contributed by atoms with Gasteiger partial charge in [0.1, 0.15) is 0 Å². The van der Waals surface area contributed by atoms with Gasteiger partial charge < -0.3 is 10.1 Å². The standard InChI is InChI=1S/C14H24BrN3O/c1-10(2)18-12(11(15)9-17-18)13(16-3)14(19-4)7-5-6-8-14/h9-10,13,16H,5-8H2,1-4H3. The number of rotatable bonds is 5. The monoisotopic (exact) mass is 329 g/mol. The molecule has 0 aliphatic heterocycles. The normalized spacial score (nSPS) is 20.1. The summed E-state index contributed by atoms with van der Waals surface area (Å²) in [5.41, 5.74) is 1.09. The third kappa shape index (κ3) is 2.60. The van der Waals surface area contributed by atoms with E-state index in [9.17, 15) is 0 Å². The molecule has 0 radical (unpaired) electrons. The van der Waals surface area contributed by atoms with Crippen LogP contribution in [0, 0.1) is 0 Å². The summed E-state index contributed by atoms with van der Waals surface area (Å²) in [6.07, 6.45) is 6.56. The SMILES string of the molecule is CNC(c1c(Br)cnn1C(C)C)C1(OC)CCCC1. The van der Waals surface area contributed by atoms with Gasteiger partial charge in [-0.15, -0.1) is 0 Å². The van der Waals surface area contributed by atoms with E-state index in [0.29, 0.717) is 6.04 Å². The van der Waals surface area contributed by atoms with Gasteiger partial charge in [-0.05, 0) is 49.7 Å². The van der Waals surface area contributed by atoms with Gasteiger partial charge in [-0.2, -0.15) is 5.10 Å². The minimum absolute atomic E-state index is 0.107. The van der Waals surface area contributed by atoms with Gasteiger partial charge in [0.15, 0.2) is 0 Å². The van der Waals surface area contributed by atoms with Crippen LogP contribution in [-0.4, -0.2) is 29.5 Å². The lowest BCUT2D eigenvalue weighted by molar-refractivity contribution is -0.0374. The number of nitrogens with one attached hydrogen (secondary N) is 1. The fourth-order valence-corrected chi connectivity index (χ4v) is 3.77. The predicted molar refractivity (Wildman–Crippen MR) is 80.3 cm³/mol. The Labute approximate surface area is 124 Å². The number of hydrogen-bond donors (Lipinski definition) is 1. The van der Waals surface area contributed by atoms with Crippen LogP contribution in [0.4, 0.5) is 0 Å². The van der Waals surface area contributed by atoms with Crippen molar-refractivity contribution in [2.45, 2.75) is 57.2 Å². The summed E-state index contributed by atoms with van der Waals surface area (Å²) in [6.45, 7) is 4.31. The lowest BCUT2D eigenvalue weighted by atomic mass is 9.89. The second kappa shape index (κ2) is 5.94. The van der Waals surface area contributed by atoms with Gasteiger partial charge >= 0.3 is 0 Å². The van der Waals surface area contributed by atoms with Crippen LogP contribution < -0.4 is 5.32 Å². The van der Waals surface area contributed by atoms with Gasteiger partial charge in [0.05, 0.1) is 28.0 Å². The lowest BCUT2D eigenvalue weighted by Crippen LogP contribution is -2.43. The van der Waals surface area contributed by atoms with E-state index < -0.39 is 0 Å². The number of ether oxygens (including phenoxy) is 1. The maximum absolute atomic E-state index is 5.94. The molecule has 1 unspecified atom stereocenters. The minimum Gasteiger partial charge on any atom is -0.376 e. The van der Waals surface area contributed by atoms with Crippen molar-refractivity contribution in [2.24, 2.45) is 0 Å². The highest BCUT2D eigenvalue weighted by atomic mass is 79.9. The molecule has 2 rings (SSSR count). The maximum Gasteiger partial charge on any atom is 0.0888 e. The van der Waals surface area contributed by atoms with Crippen molar-refractivity contribution >= 4 is 15.9 Å². The second-order valence-electron chi connectivity index (χ2n) is 5.61. The van der Waals surface area contributed by atoms with Gasteiger partial charge in [-0.1, -0.05) is 12.8 Å². The predicted octanol–water partition coefficient (Wildman–Crippen LogP) is 3.45. The molecule has 0 aromatic carbocycles. The van der Waals surface area contributed by atoms with E-state index in [4.69, 9.17) is 4.74 Å². The molecule has 108 valence electrons. The Morgan fingerprint density at radius 1 is 1.42 bits per heavy atom. The van der Waals surface area contributed by atoms with E-state index in [1.807, 2.05) is 20.4 Å². The van der Waals surface area contributed by atoms with Crippen LogP contribution in [-0.2, 0) is 4.74 Å². The maximum atomic E-state index is 5.94. The Balaban J connectivity index is 2.44. The van der Waals surface area contributed by atoms with E-state index in [1.54, 1.807) is 0 Å². The smallest absolute Gasteiger partial charge is 0.0888 e. The largest absolute Gasteiger partial charge is 0.376 e. The number of hydrogen-bond acceptors (Lipinski definition) is 3. The van der Waals surface area contributed by atoms with Gasteiger partial charge in [0.2, 0.25) is 0 Å². The van der Waals surface area contributed by atoms with Crippen molar-refractivity contribution in [3.8, 4) is 0 Å². The Morgan fingerprint density at radius 3 is 2.53 bits per heavy atom. The summed E-state index contributed by atoms with van der Waals surface area (Å²) in [4.78, 5) is 0. The van der Waals surface area contributed by atoms with Crippen LogP contribution >= 0.6 is 15.9 Å². The molecule has 1 aliphatic rings. The summed E-state index contributed by atoms with van der Waals surface area (Å²) in [5, 5.41) is 7.95. The molecule has 1 aromatic rings. The number of methoxy groups -OCH3 is 1. The van der Waals surface area contributed by atoms with Crippen molar-refractivity contribution in [3.05, 3.63) is 16.4 Å². The third-order valence-electron chi connectivity index (χ3n) is 4.22. The van der Waals surface area contributed by atoms with Crippen molar-refractivity contribution in [3.63, 3.8) is 0 Å². The summed E-state index contributed by atoms with van der Waals surface area (Å²) < 4.78 is 9.09. The van der Waals surface area contributed by atoms with E-state index >= 15 is 0 Å². The van der Waals surface area contributed by atoms with Crippen LogP contribution in [0.15, 0.2) is 10.7 Å². The molecular weight excluding hydrogens is 306 g/mol. The number of nitrogens with zero attached hydrogens (tertiary/aromatic N) is 2. The molecule has 1 aromatic heterocycles. The molecule has 4 nitrogen and oxygen atoms in total. The van der Waals surface area contributed by atoms with Gasteiger partial charge in [0.25, 0.3) is 0 Å². The molecule has 0 spiro atoms. The molecule has 19 heavy (non-hydrogen) atoms. The zero-order valence-electron chi connectivity index (χ0n) is 12.2. The molecule has 1 fully saturated rings. The lowest BCUT2D eigenvalue weighted by Gasteiger charge is -2.37. The topological polar surface area (TPSA) is 39.1 Å². The van der Waals surface area contributed by atoms with Gasteiger partial charge in [0, 0.05) is 13.2 Å². The summed E-state index contributed by atoms with van der Waals surface area (Å²) >= 11 is 3.65. The first-order valence-corrected chi connectivity index (χ1v) is 7.80. The molecule has 0 saturated heterocycles. The third-order valence-corrected chi connectivity index (χ3v) is 4.83. The Hall–Kier alpha value is -0.390. The highest BCUT2D eigenvalue weighted by Crippen LogP contribution is 2.44. The van der Waals surface area contributed by atoms with Crippen LogP contribution in [0.1, 0.15) is 57.3 Å². The average Bonchev–Trinajstić information content (AvgIpc) is 2.99. The minimum atomic E-state index is -0.107. The van der Waals surface area contributed by atoms with Crippen molar-refractivity contribution < 1.29 is 4.74 Å². The fraction of sp³-hybridized carbons (Fsp3) is 0.786. The Kier molecular flexibility index (Phi) is 4.69. The highest BCUT2D eigenvalue weighted by Gasteiger charge is 2.44. The molecule has 5 heteroatoms. The Morgan fingerprint density at radius 2 is 2.05 bits per heavy atom. The summed E-state index contributed by atoms with van der Waals surface area (Å²) in [6, 6.07) is 0.506. The number of aromatic nitrogens is 2. The quantitative estimate of drug-likeness (QED) is 0.899. The molecular formula is C14H24BrN3O. The first kappa shape index (κ1) is 15.0. The molecule has 1 saturated carbocycles. The zero-order chi connectivity index (χ0) is 14.0. The number of likely N-dealkylation sites (N-methyl/N-ethyl adjacent to an activating group) is 1. The summed E-state index contributed by atoms with van der Waals surface area (Å²) in [7, 11) is 3.84. The van der Waals surface area contributed by atoms with E-state index in [1.165, 1.54) is 18.5 Å². The zero-order valence-corrected chi connectivity index (χ0v) is 13.8. The summed E-state index contributed by atoms with van der Waals surface area (Å²) in [5.74, 6) is 0. The molecule has 1 aliphatic carbocycles. The van der Waals surface area contributed by atoms with E-state index in [0.717, 1.165) is 17.3 Å². The van der Waals surface area contributed by atoms with Crippen LogP contribution in [0.2, 0.25) is 0 Å². The van der Waals surface area contributed by atoms with Crippen LogP contribution in [0.25, 0.3) is 0 Å². The highest BCUT2D eigenvalue weighted by molar-refractivity contribution is 9.10. The molecule has 0 bridgehead atoms.